The maximum atomic E-state index is 11.8. The third-order valence-corrected chi connectivity index (χ3v) is 2.82. The highest BCUT2D eigenvalue weighted by atomic mass is 16.5. The van der Waals surface area contributed by atoms with Crippen LogP contribution in [0.1, 0.15) is 24.0 Å². The Morgan fingerprint density at radius 2 is 2.17 bits per heavy atom. The number of nitrogens with zero attached hydrogens (tertiary/aromatic N) is 1. The lowest BCUT2D eigenvalue weighted by Gasteiger charge is -2.19. The summed E-state index contributed by atoms with van der Waals surface area (Å²) < 4.78 is 5.28. The zero-order valence-electron chi connectivity index (χ0n) is 11.3. The van der Waals surface area contributed by atoms with Gasteiger partial charge in [0.25, 0.3) is 0 Å². The molecule has 0 aliphatic rings. The van der Waals surface area contributed by atoms with Crippen molar-refractivity contribution in [3.8, 4) is 5.75 Å². The number of carbonyl (C=O) groups is 1. The highest BCUT2D eigenvalue weighted by Gasteiger charge is 2.11. The molecule has 0 radical (unpaired) electrons. The average Bonchev–Trinajstić information content (AvgIpc) is 2.36. The van der Waals surface area contributed by atoms with E-state index in [2.05, 4.69) is 0 Å². The number of rotatable bonds is 6. The normalized spacial score (nSPS) is 10.2. The van der Waals surface area contributed by atoms with Crippen LogP contribution in [0.3, 0.4) is 0 Å². The number of carbonyl (C=O) groups excluding carboxylic acids is 1. The van der Waals surface area contributed by atoms with Gasteiger partial charge < -0.3 is 14.7 Å². The molecule has 1 N–H and O–H groups in total. The molecule has 4 heteroatoms. The summed E-state index contributed by atoms with van der Waals surface area (Å²) in [6, 6.07) is 5.92. The van der Waals surface area contributed by atoms with Gasteiger partial charge in [0.05, 0.1) is 7.11 Å². The molecule has 1 amide bonds. The van der Waals surface area contributed by atoms with Crippen LogP contribution in [-0.4, -0.2) is 36.7 Å². The molecule has 0 spiro atoms. The van der Waals surface area contributed by atoms with Crippen molar-refractivity contribution >= 4 is 5.91 Å². The van der Waals surface area contributed by atoms with Crippen molar-refractivity contribution in [2.45, 2.75) is 26.3 Å². The Morgan fingerprint density at radius 1 is 1.44 bits per heavy atom. The van der Waals surface area contributed by atoms with E-state index in [1.807, 2.05) is 25.1 Å². The van der Waals surface area contributed by atoms with Crippen LogP contribution in [0.4, 0.5) is 0 Å². The van der Waals surface area contributed by atoms with Crippen LogP contribution in [-0.2, 0) is 11.3 Å². The number of aliphatic hydroxyl groups is 1. The first-order chi connectivity index (χ1) is 8.58. The molecular formula is C14H21NO3. The van der Waals surface area contributed by atoms with Crippen LogP contribution in [0.15, 0.2) is 18.2 Å². The molecule has 0 saturated heterocycles. The average molecular weight is 251 g/mol. The SMILES string of the molecule is COc1ccc(C)cc1CN(C)C(=O)CCCO. The third kappa shape index (κ3) is 4.04. The van der Waals surface area contributed by atoms with Crippen LogP contribution < -0.4 is 4.74 Å². The zero-order valence-corrected chi connectivity index (χ0v) is 11.3. The molecule has 0 saturated carbocycles. The summed E-state index contributed by atoms with van der Waals surface area (Å²) in [5, 5.41) is 8.71. The van der Waals surface area contributed by atoms with Crippen LogP contribution >= 0.6 is 0 Å². The van der Waals surface area contributed by atoms with E-state index in [0.29, 0.717) is 19.4 Å². The van der Waals surface area contributed by atoms with Crippen LogP contribution in [0.2, 0.25) is 0 Å². The van der Waals surface area contributed by atoms with Gasteiger partial charge in [0.1, 0.15) is 5.75 Å². The Balaban J connectivity index is 2.71. The summed E-state index contributed by atoms with van der Waals surface area (Å²) in [7, 11) is 3.39. The largest absolute Gasteiger partial charge is 0.496 e. The van der Waals surface area contributed by atoms with Crippen molar-refractivity contribution in [3.05, 3.63) is 29.3 Å². The molecule has 1 aromatic carbocycles. The fourth-order valence-electron chi connectivity index (χ4n) is 1.80. The highest BCUT2D eigenvalue weighted by Crippen LogP contribution is 2.21. The maximum Gasteiger partial charge on any atom is 0.222 e. The number of aliphatic hydroxyl groups excluding tert-OH is 1. The van der Waals surface area contributed by atoms with Crippen LogP contribution in [0, 0.1) is 6.92 Å². The topological polar surface area (TPSA) is 49.8 Å². The van der Waals surface area contributed by atoms with E-state index in [4.69, 9.17) is 9.84 Å². The van der Waals surface area contributed by atoms with Gasteiger partial charge in [-0.25, -0.2) is 0 Å². The Bertz CT molecular complexity index is 404. The summed E-state index contributed by atoms with van der Waals surface area (Å²) >= 11 is 0. The highest BCUT2D eigenvalue weighted by molar-refractivity contribution is 5.75. The van der Waals surface area contributed by atoms with E-state index in [1.165, 1.54) is 0 Å². The molecule has 0 fully saturated rings. The predicted octanol–water partition coefficient (Wildman–Crippen LogP) is 1.73. The molecule has 1 rings (SSSR count). The quantitative estimate of drug-likeness (QED) is 0.837. The van der Waals surface area contributed by atoms with Crippen molar-refractivity contribution in [1.82, 2.24) is 4.90 Å². The van der Waals surface area contributed by atoms with E-state index in [-0.39, 0.29) is 12.5 Å². The Hall–Kier alpha value is -1.55. The standard InChI is InChI=1S/C14H21NO3/c1-11-6-7-13(18-3)12(9-11)10-15(2)14(17)5-4-8-16/h6-7,9,16H,4-5,8,10H2,1-3H3. The number of ether oxygens (including phenoxy) is 1. The smallest absolute Gasteiger partial charge is 0.222 e. The van der Waals surface area contributed by atoms with Crippen molar-refractivity contribution in [2.75, 3.05) is 20.8 Å². The molecule has 1 aromatic rings. The van der Waals surface area contributed by atoms with Gasteiger partial charge in [0.2, 0.25) is 5.91 Å². The molecule has 0 bridgehead atoms. The van der Waals surface area contributed by atoms with E-state index < -0.39 is 0 Å². The molecule has 0 aliphatic heterocycles. The number of benzene rings is 1. The van der Waals surface area contributed by atoms with E-state index in [0.717, 1.165) is 16.9 Å². The molecule has 18 heavy (non-hydrogen) atoms. The van der Waals surface area contributed by atoms with E-state index in [9.17, 15) is 4.79 Å². The summed E-state index contributed by atoms with van der Waals surface area (Å²) in [6.45, 7) is 2.58. The van der Waals surface area contributed by atoms with Gasteiger partial charge in [-0.2, -0.15) is 0 Å². The summed E-state index contributed by atoms with van der Waals surface area (Å²) in [4.78, 5) is 13.4. The van der Waals surface area contributed by atoms with Gasteiger partial charge in [-0.3, -0.25) is 4.79 Å². The second-order valence-electron chi connectivity index (χ2n) is 4.39. The number of methoxy groups -OCH3 is 1. The second kappa shape index (κ2) is 7.01. The van der Waals surface area contributed by atoms with Gasteiger partial charge in [0.15, 0.2) is 0 Å². The molecule has 0 atom stereocenters. The lowest BCUT2D eigenvalue weighted by Crippen LogP contribution is -2.26. The van der Waals surface area contributed by atoms with Gasteiger partial charge in [-0.05, 0) is 19.4 Å². The maximum absolute atomic E-state index is 11.8. The second-order valence-corrected chi connectivity index (χ2v) is 4.39. The zero-order chi connectivity index (χ0) is 13.5. The monoisotopic (exact) mass is 251 g/mol. The van der Waals surface area contributed by atoms with Gasteiger partial charge in [-0.1, -0.05) is 17.7 Å². The fourth-order valence-corrected chi connectivity index (χ4v) is 1.80. The van der Waals surface area contributed by atoms with E-state index in [1.54, 1.807) is 19.1 Å². The number of aryl methyl sites for hydroxylation is 1. The lowest BCUT2D eigenvalue weighted by molar-refractivity contribution is -0.130. The molecule has 0 heterocycles. The Labute approximate surface area is 108 Å². The van der Waals surface area contributed by atoms with Crippen molar-refractivity contribution < 1.29 is 14.6 Å². The summed E-state index contributed by atoms with van der Waals surface area (Å²) in [5.74, 6) is 0.829. The Kier molecular flexibility index (Phi) is 5.65. The third-order valence-electron chi connectivity index (χ3n) is 2.82. The first-order valence-corrected chi connectivity index (χ1v) is 6.06. The van der Waals surface area contributed by atoms with E-state index >= 15 is 0 Å². The van der Waals surface area contributed by atoms with Crippen molar-refractivity contribution in [3.63, 3.8) is 0 Å². The summed E-state index contributed by atoms with van der Waals surface area (Å²) in [5.41, 5.74) is 2.14. The molecule has 100 valence electrons. The summed E-state index contributed by atoms with van der Waals surface area (Å²) in [6.07, 6.45) is 0.884. The molecule has 0 unspecified atom stereocenters. The van der Waals surface area contributed by atoms with Gasteiger partial charge >= 0.3 is 0 Å². The van der Waals surface area contributed by atoms with Crippen molar-refractivity contribution in [1.29, 1.82) is 0 Å². The molecule has 0 aliphatic carbocycles. The van der Waals surface area contributed by atoms with Gasteiger partial charge in [-0.15, -0.1) is 0 Å². The first-order valence-electron chi connectivity index (χ1n) is 6.06. The van der Waals surface area contributed by atoms with Crippen LogP contribution in [0.5, 0.6) is 5.75 Å². The first kappa shape index (κ1) is 14.5. The number of amides is 1. The number of hydrogen-bond donors (Lipinski definition) is 1. The number of hydrogen-bond acceptors (Lipinski definition) is 3. The Morgan fingerprint density at radius 3 is 2.78 bits per heavy atom. The lowest BCUT2D eigenvalue weighted by atomic mass is 10.1. The molecular weight excluding hydrogens is 230 g/mol. The minimum Gasteiger partial charge on any atom is -0.496 e. The van der Waals surface area contributed by atoms with Crippen molar-refractivity contribution in [2.24, 2.45) is 0 Å². The molecule has 0 aromatic heterocycles. The fraction of sp³-hybridized carbons (Fsp3) is 0.500. The minimum atomic E-state index is 0.0348. The minimum absolute atomic E-state index is 0.0348. The molecule has 4 nitrogen and oxygen atoms in total. The predicted molar refractivity (Wildman–Crippen MR) is 70.5 cm³/mol. The van der Waals surface area contributed by atoms with Crippen LogP contribution in [0.25, 0.3) is 0 Å². The van der Waals surface area contributed by atoms with Gasteiger partial charge in [0, 0.05) is 32.2 Å².